The number of esters is 1. The van der Waals surface area contributed by atoms with Crippen LogP contribution in [-0.4, -0.2) is 17.6 Å². The predicted molar refractivity (Wildman–Crippen MR) is 87.8 cm³/mol. The number of carbonyl (C=O) groups is 1. The van der Waals surface area contributed by atoms with Gasteiger partial charge in [-0.3, -0.25) is 0 Å². The van der Waals surface area contributed by atoms with Gasteiger partial charge in [0.05, 0.1) is 17.9 Å². The Balaban J connectivity index is 2.00. The molecule has 22 heavy (non-hydrogen) atoms. The Bertz CT molecular complexity index is 854. The summed E-state index contributed by atoms with van der Waals surface area (Å²) in [6.07, 6.45) is 0. The summed E-state index contributed by atoms with van der Waals surface area (Å²) in [6.45, 7) is 3.91. The van der Waals surface area contributed by atoms with Crippen LogP contribution in [0.1, 0.15) is 23.0 Å². The molecule has 0 aliphatic rings. The van der Waals surface area contributed by atoms with E-state index in [1.807, 2.05) is 24.3 Å². The zero-order valence-corrected chi connectivity index (χ0v) is 13.8. The second kappa shape index (κ2) is 5.93. The molecular weight excluding hydrogens is 346 g/mol. The Morgan fingerprint density at radius 3 is 2.82 bits per heavy atom. The quantitative estimate of drug-likeness (QED) is 0.633. The van der Waals surface area contributed by atoms with E-state index in [1.54, 1.807) is 26.0 Å². The van der Waals surface area contributed by atoms with E-state index in [9.17, 15) is 4.79 Å². The number of nitrogens with zero attached hydrogens (tertiary/aromatic N) is 1. The highest BCUT2D eigenvalue weighted by Crippen LogP contribution is 2.29. The van der Waals surface area contributed by atoms with Crippen LogP contribution in [0.25, 0.3) is 22.4 Å². The smallest absolute Gasteiger partial charge is 0.339 e. The number of hydrogen-bond donors (Lipinski definition) is 0. The van der Waals surface area contributed by atoms with Crippen molar-refractivity contribution in [1.29, 1.82) is 0 Å². The van der Waals surface area contributed by atoms with Gasteiger partial charge in [-0.25, -0.2) is 9.78 Å². The summed E-state index contributed by atoms with van der Waals surface area (Å²) in [6, 6.07) is 11.2. The summed E-state index contributed by atoms with van der Waals surface area (Å²) >= 11 is 3.44. The number of fused-ring (bicyclic) bond motifs is 1. The van der Waals surface area contributed by atoms with Gasteiger partial charge in [-0.1, -0.05) is 15.9 Å². The van der Waals surface area contributed by atoms with Crippen LogP contribution >= 0.6 is 15.9 Å². The van der Waals surface area contributed by atoms with E-state index in [4.69, 9.17) is 9.15 Å². The van der Waals surface area contributed by atoms with E-state index < -0.39 is 0 Å². The summed E-state index contributed by atoms with van der Waals surface area (Å²) in [5.74, 6) is 0.319. The van der Waals surface area contributed by atoms with Crippen LogP contribution in [0, 0.1) is 6.92 Å². The van der Waals surface area contributed by atoms with E-state index in [0.29, 0.717) is 29.3 Å². The molecule has 0 radical (unpaired) electrons. The highest BCUT2D eigenvalue weighted by molar-refractivity contribution is 9.10. The summed E-state index contributed by atoms with van der Waals surface area (Å²) in [7, 11) is 0. The Labute approximate surface area is 136 Å². The lowest BCUT2D eigenvalue weighted by Gasteiger charge is -2.05. The van der Waals surface area contributed by atoms with Gasteiger partial charge in [-0.05, 0) is 50.2 Å². The fraction of sp³-hybridized carbons (Fsp3) is 0.176. The molecule has 112 valence electrons. The molecule has 0 amide bonds. The number of aromatic nitrogens is 1. The van der Waals surface area contributed by atoms with E-state index in [2.05, 4.69) is 20.9 Å². The molecule has 3 aromatic rings. The number of halogens is 1. The minimum Gasteiger partial charge on any atom is -0.462 e. The molecule has 1 aromatic carbocycles. The molecule has 4 nitrogen and oxygen atoms in total. The minimum atomic E-state index is -0.354. The number of benzene rings is 1. The van der Waals surface area contributed by atoms with Crippen molar-refractivity contribution in [3.63, 3.8) is 0 Å². The summed E-state index contributed by atoms with van der Waals surface area (Å²) < 4.78 is 11.8. The maximum Gasteiger partial charge on any atom is 0.339 e. The number of carbonyl (C=O) groups excluding carboxylic acids is 1. The molecule has 0 bridgehead atoms. The van der Waals surface area contributed by atoms with Crippen molar-refractivity contribution in [2.75, 3.05) is 6.61 Å². The van der Waals surface area contributed by atoms with Crippen LogP contribution < -0.4 is 0 Å². The van der Waals surface area contributed by atoms with E-state index >= 15 is 0 Å². The van der Waals surface area contributed by atoms with Gasteiger partial charge < -0.3 is 9.15 Å². The number of aryl methyl sites for hydroxylation is 1. The average molecular weight is 360 g/mol. The second-order valence-corrected chi connectivity index (χ2v) is 5.76. The van der Waals surface area contributed by atoms with Crippen molar-refractivity contribution in [2.45, 2.75) is 13.8 Å². The van der Waals surface area contributed by atoms with Crippen LogP contribution in [-0.2, 0) is 4.74 Å². The third-order valence-corrected chi connectivity index (χ3v) is 3.81. The number of furan rings is 1. The third kappa shape index (κ3) is 2.76. The Morgan fingerprint density at radius 1 is 1.27 bits per heavy atom. The third-order valence-electron chi connectivity index (χ3n) is 3.31. The van der Waals surface area contributed by atoms with Crippen LogP contribution in [0.2, 0.25) is 0 Å². The molecule has 0 saturated carbocycles. The molecule has 2 heterocycles. The van der Waals surface area contributed by atoms with Gasteiger partial charge >= 0.3 is 5.97 Å². The zero-order chi connectivity index (χ0) is 15.7. The maximum absolute atomic E-state index is 11.8. The second-order valence-electron chi connectivity index (χ2n) is 4.84. The first kappa shape index (κ1) is 14.8. The van der Waals surface area contributed by atoms with Gasteiger partial charge in [0, 0.05) is 9.86 Å². The van der Waals surface area contributed by atoms with Gasteiger partial charge in [-0.2, -0.15) is 0 Å². The van der Waals surface area contributed by atoms with E-state index in [1.165, 1.54) is 0 Å². The molecule has 0 fully saturated rings. The Kier molecular flexibility index (Phi) is 3.98. The molecule has 0 atom stereocenters. The lowest BCUT2D eigenvalue weighted by atomic mass is 10.1. The normalized spacial score (nSPS) is 10.9. The standard InChI is InChI=1S/C17H14BrNO3/c1-3-21-17(20)13-5-6-14(19-10(13)2)16-9-11-8-12(18)4-7-15(11)22-16/h4-9H,3H2,1-2H3. The van der Waals surface area contributed by atoms with Gasteiger partial charge in [0.2, 0.25) is 0 Å². The molecule has 2 aromatic heterocycles. The molecular formula is C17H14BrNO3. The summed E-state index contributed by atoms with van der Waals surface area (Å²) in [5, 5.41) is 0.998. The number of pyridine rings is 1. The minimum absolute atomic E-state index is 0.346. The molecule has 0 unspecified atom stereocenters. The highest BCUT2D eigenvalue weighted by atomic mass is 79.9. The Hall–Kier alpha value is -2.14. The molecule has 0 saturated heterocycles. The predicted octanol–water partition coefficient (Wildman–Crippen LogP) is 4.74. The zero-order valence-electron chi connectivity index (χ0n) is 12.2. The summed E-state index contributed by atoms with van der Waals surface area (Å²) in [5.41, 5.74) is 2.59. The van der Waals surface area contributed by atoms with Crippen LogP contribution in [0.5, 0.6) is 0 Å². The van der Waals surface area contributed by atoms with Crippen molar-refractivity contribution in [1.82, 2.24) is 4.98 Å². The maximum atomic E-state index is 11.8. The van der Waals surface area contributed by atoms with Crippen molar-refractivity contribution in [3.8, 4) is 11.5 Å². The first-order valence-electron chi connectivity index (χ1n) is 6.92. The van der Waals surface area contributed by atoms with Crippen molar-refractivity contribution in [2.24, 2.45) is 0 Å². The molecule has 0 spiro atoms. The summed E-state index contributed by atoms with van der Waals surface area (Å²) in [4.78, 5) is 16.3. The van der Waals surface area contributed by atoms with Gasteiger partial charge in [0.1, 0.15) is 11.3 Å². The van der Waals surface area contributed by atoms with Crippen molar-refractivity contribution in [3.05, 3.63) is 52.1 Å². The SMILES string of the molecule is CCOC(=O)c1ccc(-c2cc3cc(Br)ccc3o2)nc1C. The monoisotopic (exact) mass is 359 g/mol. The van der Waals surface area contributed by atoms with Crippen molar-refractivity contribution >= 4 is 32.9 Å². The lowest BCUT2D eigenvalue weighted by Crippen LogP contribution is -2.07. The lowest BCUT2D eigenvalue weighted by molar-refractivity contribution is 0.0525. The molecule has 3 rings (SSSR count). The first-order chi connectivity index (χ1) is 10.6. The fourth-order valence-electron chi connectivity index (χ4n) is 2.26. The largest absolute Gasteiger partial charge is 0.462 e. The van der Waals surface area contributed by atoms with Crippen LogP contribution in [0.3, 0.4) is 0 Å². The fourth-order valence-corrected chi connectivity index (χ4v) is 2.64. The Morgan fingerprint density at radius 2 is 2.09 bits per heavy atom. The van der Waals surface area contributed by atoms with Gasteiger partial charge in [-0.15, -0.1) is 0 Å². The van der Waals surface area contributed by atoms with Crippen LogP contribution in [0.15, 0.2) is 45.3 Å². The van der Waals surface area contributed by atoms with Gasteiger partial charge in [0.25, 0.3) is 0 Å². The number of hydrogen-bond acceptors (Lipinski definition) is 4. The first-order valence-corrected chi connectivity index (χ1v) is 7.72. The topological polar surface area (TPSA) is 52.3 Å². The van der Waals surface area contributed by atoms with Crippen LogP contribution in [0.4, 0.5) is 0 Å². The highest BCUT2D eigenvalue weighted by Gasteiger charge is 2.14. The molecule has 0 aliphatic heterocycles. The average Bonchev–Trinajstić information content (AvgIpc) is 2.90. The number of ether oxygens (including phenoxy) is 1. The van der Waals surface area contributed by atoms with Gasteiger partial charge in [0.15, 0.2) is 5.76 Å². The van der Waals surface area contributed by atoms with E-state index in [-0.39, 0.29) is 5.97 Å². The van der Waals surface area contributed by atoms with E-state index in [0.717, 1.165) is 15.4 Å². The van der Waals surface area contributed by atoms with Crippen molar-refractivity contribution < 1.29 is 13.9 Å². The molecule has 5 heteroatoms. The molecule has 0 aliphatic carbocycles. The molecule has 0 N–H and O–H groups in total. The number of rotatable bonds is 3.